The molecule has 1 N–H and O–H groups in total. The SMILES string of the molecule is CC(C)[C@@H]1CC[C@@H](C)C[C@@H]1SCCO. The number of aliphatic hydroxyl groups excluding tert-OH is 1. The van der Waals surface area contributed by atoms with E-state index in [1.54, 1.807) is 0 Å². The molecular weight excluding hydrogens is 192 g/mol. The number of aliphatic hydroxyl groups is 1. The van der Waals surface area contributed by atoms with Gasteiger partial charge in [-0.2, -0.15) is 11.8 Å². The highest BCUT2D eigenvalue weighted by Crippen LogP contribution is 2.39. The van der Waals surface area contributed by atoms with Gasteiger partial charge < -0.3 is 5.11 Å². The van der Waals surface area contributed by atoms with Gasteiger partial charge in [-0.25, -0.2) is 0 Å². The standard InChI is InChI=1S/C12H24OS/c1-9(2)11-5-4-10(3)8-12(11)14-7-6-13/h9-13H,4-8H2,1-3H3/t10-,11+,12+/m1/s1. The largest absolute Gasteiger partial charge is 0.396 e. The summed E-state index contributed by atoms with van der Waals surface area (Å²) in [4.78, 5) is 0. The van der Waals surface area contributed by atoms with Gasteiger partial charge in [0.25, 0.3) is 0 Å². The topological polar surface area (TPSA) is 20.2 Å². The molecule has 1 nitrogen and oxygen atoms in total. The molecule has 0 aromatic heterocycles. The van der Waals surface area contributed by atoms with Crippen molar-refractivity contribution in [2.45, 2.75) is 45.3 Å². The van der Waals surface area contributed by atoms with Gasteiger partial charge in [0.15, 0.2) is 0 Å². The van der Waals surface area contributed by atoms with Crippen LogP contribution in [0, 0.1) is 17.8 Å². The lowest BCUT2D eigenvalue weighted by Gasteiger charge is -2.36. The zero-order valence-corrected chi connectivity index (χ0v) is 10.5. The fourth-order valence-electron chi connectivity index (χ4n) is 2.51. The van der Waals surface area contributed by atoms with Crippen molar-refractivity contribution < 1.29 is 5.11 Å². The first-order chi connectivity index (χ1) is 6.65. The fourth-order valence-corrected chi connectivity index (χ4v) is 4.08. The van der Waals surface area contributed by atoms with E-state index in [-0.39, 0.29) is 0 Å². The van der Waals surface area contributed by atoms with Gasteiger partial charge in [0.2, 0.25) is 0 Å². The maximum Gasteiger partial charge on any atom is 0.0521 e. The van der Waals surface area contributed by atoms with E-state index in [0.717, 1.165) is 28.8 Å². The molecule has 1 saturated carbocycles. The van der Waals surface area contributed by atoms with E-state index >= 15 is 0 Å². The Morgan fingerprint density at radius 1 is 1.36 bits per heavy atom. The third-order valence-electron chi connectivity index (χ3n) is 3.38. The Balaban J connectivity index is 2.45. The molecule has 0 radical (unpaired) electrons. The highest BCUT2D eigenvalue weighted by molar-refractivity contribution is 7.99. The Kier molecular flexibility index (Phi) is 5.32. The summed E-state index contributed by atoms with van der Waals surface area (Å²) in [6, 6.07) is 0. The van der Waals surface area contributed by atoms with Crippen LogP contribution >= 0.6 is 11.8 Å². The van der Waals surface area contributed by atoms with Crippen LogP contribution in [-0.2, 0) is 0 Å². The maximum absolute atomic E-state index is 8.87. The summed E-state index contributed by atoms with van der Waals surface area (Å²) in [5, 5.41) is 9.66. The third-order valence-corrected chi connectivity index (χ3v) is 4.77. The minimum atomic E-state index is 0.334. The molecule has 84 valence electrons. The van der Waals surface area contributed by atoms with Crippen LogP contribution in [0.25, 0.3) is 0 Å². The van der Waals surface area contributed by atoms with Crippen LogP contribution in [0.5, 0.6) is 0 Å². The van der Waals surface area contributed by atoms with Gasteiger partial charge in [-0.3, -0.25) is 0 Å². The van der Waals surface area contributed by atoms with Gasteiger partial charge in [0, 0.05) is 11.0 Å². The van der Waals surface area contributed by atoms with Gasteiger partial charge in [0.1, 0.15) is 0 Å². The van der Waals surface area contributed by atoms with Crippen molar-refractivity contribution in [2.75, 3.05) is 12.4 Å². The Bertz CT molecular complexity index is 158. The predicted octanol–water partition coefficient (Wildman–Crippen LogP) is 3.17. The van der Waals surface area contributed by atoms with Crippen molar-refractivity contribution in [3.05, 3.63) is 0 Å². The summed E-state index contributed by atoms with van der Waals surface area (Å²) in [7, 11) is 0. The molecule has 14 heavy (non-hydrogen) atoms. The highest BCUT2D eigenvalue weighted by Gasteiger charge is 2.30. The van der Waals surface area contributed by atoms with E-state index in [0.29, 0.717) is 6.61 Å². The second-order valence-electron chi connectivity index (χ2n) is 4.96. The average molecular weight is 216 g/mol. The van der Waals surface area contributed by atoms with Crippen molar-refractivity contribution in [3.63, 3.8) is 0 Å². The smallest absolute Gasteiger partial charge is 0.0521 e. The molecule has 1 fully saturated rings. The summed E-state index contributed by atoms with van der Waals surface area (Å²) in [5.41, 5.74) is 0. The summed E-state index contributed by atoms with van der Waals surface area (Å²) >= 11 is 1.99. The predicted molar refractivity (Wildman–Crippen MR) is 64.7 cm³/mol. The molecule has 1 rings (SSSR count). The normalized spacial score (nSPS) is 33.6. The van der Waals surface area contributed by atoms with Gasteiger partial charge in [-0.1, -0.05) is 27.2 Å². The number of hydrogen-bond donors (Lipinski definition) is 1. The molecule has 0 aromatic carbocycles. The average Bonchev–Trinajstić information content (AvgIpc) is 2.14. The number of thioether (sulfide) groups is 1. The zero-order valence-electron chi connectivity index (χ0n) is 9.70. The minimum Gasteiger partial charge on any atom is -0.396 e. The third kappa shape index (κ3) is 3.47. The molecule has 0 aliphatic heterocycles. The molecule has 0 unspecified atom stereocenters. The van der Waals surface area contributed by atoms with Crippen molar-refractivity contribution in [2.24, 2.45) is 17.8 Å². The minimum absolute atomic E-state index is 0.334. The second kappa shape index (κ2) is 6.02. The molecule has 3 atom stereocenters. The first-order valence-electron chi connectivity index (χ1n) is 5.87. The first-order valence-corrected chi connectivity index (χ1v) is 6.92. The van der Waals surface area contributed by atoms with Crippen molar-refractivity contribution in [1.29, 1.82) is 0 Å². The lowest BCUT2D eigenvalue weighted by Crippen LogP contribution is -2.30. The number of rotatable bonds is 4. The van der Waals surface area contributed by atoms with Crippen LogP contribution in [0.15, 0.2) is 0 Å². The van der Waals surface area contributed by atoms with Gasteiger partial charge in [-0.05, 0) is 30.6 Å². The van der Waals surface area contributed by atoms with Gasteiger partial charge in [-0.15, -0.1) is 0 Å². The van der Waals surface area contributed by atoms with E-state index in [1.165, 1.54) is 19.3 Å². The summed E-state index contributed by atoms with van der Waals surface area (Å²) < 4.78 is 0. The molecule has 1 aliphatic rings. The molecule has 0 saturated heterocycles. The van der Waals surface area contributed by atoms with Crippen LogP contribution in [0.3, 0.4) is 0 Å². The van der Waals surface area contributed by atoms with Gasteiger partial charge >= 0.3 is 0 Å². The summed E-state index contributed by atoms with van der Waals surface area (Å²) in [6.07, 6.45) is 4.15. The number of hydrogen-bond acceptors (Lipinski definition) is 2. The first kappa shape index (κ1) is 12.4. The summed E-state index contributed by atoms with van der Waals surface area (Å²) in [6.45, 7) is 7.38. The molecular formula is C12H24OS. The molecule has 2 heteroatoms. The van der Waals surface area contributed by atoms with Crippen LogP contribution in [0.4, 0.5) is 0 Å². The van der Waals surface area contributed by atoms with Crippen molar-refractivity contribution in [1.82, 2.24) is 0 Å². The van der Waals surface area contributed by atoms with Crippen molar-refractivity contribution >= 4 is 11.8 Å². The Labute approximate surface area is 92.7 Å². The highest BCUT2D eigenvalue weighted by atomic mass is 32.2. The van der Waals surface area contributed by atoms with Crippen LogP contribution in [0.2, 0.25) is 0 Å². The molecule has 0 heterocycles. The van der Waals surface area contributed by atoms with Crippen LogP contribution in [-0.4, -0.2) is 22.7 Å². The molecule has 0 bridgehead atoms. The fraction of sp³-hybridized carbons (Fsp3) is 1.00. The molecule has 0 spiro atoms. The molecule has 0 amide bonds. The van der Waals surface area contributed by atoms with E-state index in [9.17, 15) is 0 Å². The van der Waals surface area contributed by atoms with Gasteiger partial charge in [0.05, 0.1) is 6.61 Å². The van der Waals surface area contributed by atoms with Crippen LogP contribution < -0.4 is 0 Å². The van der Waals surface area contributed by atoms with E-state index in [2.05, 4.69) is 20.8 Å². The Hall–Kier alpha value is 0.310. The van der Waals surface area contributed by atoms with Crippen molar-refractivity contribution in [3.8, 4) is 0 Å². The quantitative estimate of drug-likeness (QED) is 0.779. The lowest BCUT2D eigenvalue weighted by molar-refractivity contribution is 0.243. The second-order valence-corrected chi connectivity index (χ2v) is 6.31. The maximum atomic E-state index is 8.87. The zero-order chi connectivity index (χ0) is 10.6. The summed E-state index contributed by atoms with van der Waals surface area (Å²) in [5.74, 6) is 3.49. The Morgan fingerprint density at radius 3 is 2.64 bits per heavy atom. The molecule has 0 aromatic rings. The lowest BCUT2D eigenvalue weighted by atomic mass is 9.77. The van der Waals surface area contributed by atoms with E-state index in [1.807, 2.05) is 11.8 Å². The monoisotopic (exact) mass is 216 g/mol. The van der Waals surface area contributed by atoms with Crippen LogP contribution in [0.1, 0.15) is 40.0 Å². The Morgan fingerprint density at radius 2 is 2.07 bits per heavy atom. The molecule has 1 aliphatic carbocycles. The van der Waals surface area contributed by atoms with E-state index < -0.39 is 0 Å². The van der Waals surface area contributed by atoms with E-state index in [4.69, 9.17) is 5.11 Å².